The molecule has 0 aliphatic carbocycles. The van der Waals surface area contributed by atoms with Crippen LogP contribution in [0.1, 0.15) is 17.5 Å². The number of ether oxygens (including phenoxy) is 1. The van der Waals surface area contributed by atoms with Gasteiger partial charge in [-0.1, -0.05) is 12.1 Å². The molecule has 1 aliphatic rings. The third-order valence-electron chi connectivity index (χ3n) is 4.65. The fraction of sp³-hybridized carbons (Fsp3) is 0.190. The molecule has 0 unspecified atom stereocenters. The van der Waals surface area contributed by atoms with Gasteiger partial charge in [-0.3, -0.25) is 4.98 Å². The Morgan fingerprint density at radius 3 is 2.69 bits per heavy atom. The molecule has 2 aromatic heterocycles. The molecule has 0 saturated carbocycles. The Bertz CT molecular complexity index is 1030. The number of aromatic nitrogens is 2. The van der Waals surface area contributed by atoms with Crippen LogP contribution >= 0.6 is 0 Å². The Morgan fingerprint density at radius 1 is 1.12 bits per heavy atom. The van der Waals surface area contributed by atoms with Crippen LogP contribution in [0.25, 0.3) is 27.6 Å². The Hall–Kier alpha value is -3.23. The second kappa shape index (κ2) is 6.95. The molecule has 5 heteroatoms. The molecule has 3 aromatic rings. The topological polar surface area (TPSA) is 70.8 Å². The molecule has 0 radical (unpaired) electrons. The van der Waals surface area contributed by atoms with Crippen molar-refractivity contribution in [3.05, 3.63) is 59.9 Å². The number of hydrogen-bond acceptors (Lipinski definition) is 5. The quantitative estimate of drug-likeness (QED) is 0.788. The molecule has 0 spiro atoms. The summed E-state index contributed by atoms with van der Waals surface area (Å²) in [5, 5.41) is 13.9. The smallest absolute Gasteiger partial charge is 0.212 e. The van der Waals surface area contributed by atoms with Crippen molar-refractivity contribution in [1.82, 2.24) is 15.3 Å². The molecule has 128 valence electrons. The molecule has 4 rings (SSSR count). The third-order valence-corrected chi connectivity index (χ3v) is 4.65. The maximum Gasteiger partial charge on any atom is 0.212 e. The van der Waals surface area contributed by atoms with E-state index < -0.39 is 0 Å². The number of fused-ring (bicyclic) bond motifs is 1. The molecule has 26 heavy (non-hydrogen) atoms. The van der Waals surface area contributed by atoms with Crippen molar-refractivity contribution >= 4 is 16.5 Å². The minimum absolute atomic E-state index is 0.587. The van der Waals surface area contributed by atoms with Gasteiger partial charge in [0.05, 0.1) is 18.2 Å². The number of nitrogens with zero attached hydrogens (tertiary/aromatic N) is 3. The molecule has 0 saturated heterocycles. The van der Waals surface area contributed by atoms with E-state index in [1.54, 1.807) is 19.5 Å². The Kier molecular flexibility index (Phi) is 4.34. The van der Waals surface area contributed by atoms with Gasteiger partial charge in [-0.15, -0.1) is 0 Å². The lowest BCUT2D eigenvalue weighted by molar-refractivity contribution is 0.398. The Balaban J connectivity index is 1.90. The number of rotatable bonds is 3. The maximum absolute atomic E-state index is 9.60. The summed E-state index contributed by atoms with van der Waals surface area (Å²) in [7, 11) is 1.60. The first-order valence-electron chi connectivity index (χ1n) is 8.53. The number of benzene rings is 1. The number of nitrogens with one attached hydrogen (secondary N) is 1. The fourth-order valence-corrected chi connectivity index (χ4v) is 3.32. The molecule has 1 aromatic carbocycles. The highest BCUT2D eigenvalue weighted by atomic mass is 16.5. The first-order valence-corrected chi connectivity index (χ1v) is 8.53. The Labute approximate surface area is 152 Å². The van der Waals surface area contributed by atoms with Gasteiger partial charge in [-0.25, -0.2) is 4.98 Å². The van der Waals surface area contributed by atoms with Crippen LogP contribution in [0.3, 0.4) is 0 Å². The first-order chi connectivity index (χ1) is 12.8. The van der Waals surface area contributed by atoms with Crippen molar-refractivity contribution < 1.29 is 4.74 Å². The van der Waals surface area contributed by atoms with Gasteiger partial charge >= 0.3 is 0 Å². The van der Waals surface area contributed by atoms with Gasteiger partial charge in [-0.05, 0) is 42.3 Å². The van der Waals surface area contributed by atoms with E-state index in [9.17, 15) is 5.26 Å². The molecule has 0 amide bonds. The highest BCUT2D eigenvalue weighted by Gasteiger charge is 2.15. The van der Waals surface area contributed by atoms with Crippen molar-refractivity contribution in [2.75, 3.05) is 20.2 Å². The fourth-order valence-electron chi connectivity index (χ4n) is 3.32. The lowest BCUT2D eigenvalue weighted by atomic mass is 9.92. The van der Waals surface area contributed by atoms with Gasteiger partial charge in [0.2, 0.25) is 5.88 Å². The maximum atomic E-state index is 9.60. The summed E-state index contributed by atoms with van der Waals surface area (Å²) >= 11 is 0. The number of methoxy groups -OCH3 is 1. The molecular weight excluding hydrogens is 324 g/mol. The van der Waals surface area contributed by atoms with E-state index >= 15 is 0 Å². The van der Waals surface area contributed by atoms with Gasteiger partial charge in [0.25, 0.3) is 0 Å². The SMILES string of the molecule is COc1ccc(-c2ccc3ncc(C#N)c(C4=CCNCC4)c3c2)cn1. The molecule has 0 atom stereocenters. The summed E-state index contributed by atoms with van der Waals surface area (Å²) in [5.74, 6) is 0.587. The van der Waals surface area contributed by atoms with Crippen molar-refractivity contribution in [2.24, 2.45) is 0 Å². The first kappa shape index (κ1) is 16.2. The predicted molar refractivity (Wildman–Crippen MR) is 102 cm³/mol. The molecular formula is C21H18N4O. The van der Waals surface area contributed by atoms with Gasteiger partial charge in [0.1, 0.15) is 6.07 Å². The third kappa shape index (κ3) is 2.92. The Morgan fingerprint density at radius 2 is 2.00 bits per heavy atom. The summed E-state index contributed by atoms with van der Waals surface area (Å²) in [5.41, 5.74) is 5.76. The van der Waals surface area contributed by atoms with Crippen LogP contribution in [0.15, 0.2) is 48.8 Å². The largest absolute Gasteiger partial charge is 0.481 e. The van der Waals surface area contributed by atoms with Crippen LogP contribution < -0.4 is 10.1 Å². The molecule has 1 aliphatic heterocycles. The van der Waals surface area contributed by atoms with Gasteiger partial charge in [0, 0.05) is 41.5 Å². The summed E-state index contributed by atoms with van der Waals surface area (Å²) < 4.78 is 5.13. The lowest BCUT2D eigenvalue weighted by Gasteiger charge is -2.17. The zero-order valence-electron chi connectivity index (χ0n) is 14.5. The standard InChI is InChI=1S/C21H18N4O/c1-26-20-5-3-16(12-25-20)15-2-4-19-18(10-15)21(17(11-22)13-24-19)14-6-8-23-9-7-14/h2-6,10,12-13,23H,7-9H2,1H3. The van der Waals surface area contributed by atoms with Gasteiger partial charge in [-0.2, -0.15) is 5.26 Å². The van der Waals surface area contributed by atoms with Crippen LogP contribution in [0.2, 0.25) is 0 Å². The van der Waals surface area contributed by atoms with Crippen molar-refractivity contribution in [1.29, 1.82) is 5.26 Å². The molecule has 3 heterocycles. The summed E-state index contributed by atoms with van der Waals surface area (Å²) in [6, 6.07) is 12.3. The van der Waals surface area contributed by atoms with Crippen molar-refractivity contribution in [3.63, 3.8) is 0 Å². The van der Waals surface area contributed by atoms with E-state index in [4.69, 9.17) is 4.74 Å². The number of hydrogen-bond donors (Lipinski definition) is 1. The predicted octanol–water partition coefficient (Wildman–Crippen LogP) is 3.55. The van der Waals surface area contributed by atoms with Gasteiger partial charge in [0.15, 0.2) is 0 Å². The van der Waals surface area contributed by atoms with E-state index in [1.165, 1.54) is 5.57 Å². The van der Waals surface area contributed by atoms with E-state index in [0.717, 1.165) is 47.1 Å². The average molecular weight is 342 g/mol. The summed E-state index contributed by atoms with van der Waals surface area (Å²) in [6.07, 6.45) is 6.54. The normalized spacial score (nSPS) is 13.9. The highest BCUT2D eigenvalue weighted by molar-refractivity contribution is 5.96. The van der Waals surface area contributed by atoms with Crippen molar-refractivity contribution in [3.8, 4) is 23.1 Å². The van der Waals surface area contributed by atoms with Gasteiger partial charge < -0.3 is 10.1 Å². The minimum atomic E-state index is 0.587. The minimum Gasteiger partial charge on any atom is -0.481 e. The van der Waals surface area contributed by atoms with E-state index in [0.29, 0.717) is 11.4 Å². The molecule has 0 bridgehead atoms. The number of nitriles is 1. The molecule has 1 N–H and O–H groups in total. The number of pyridine rings is 2. The molecule has 0 fully saturated rings. The zero-order chi connectivity index (χ0) is 17.9. The summed E-state index contributed by atoms with van der Waals surface area (Å²) in [4.78, 5) is 8.76. The lowest BCUT2D eigenvalue weighted by Crippen LogP contribution is -2.20. The van der Waals surface area contributed by atoms with Crippen LogP contribution in [-0.4, -0.2) is 30.2 Å². The van der Waals surface area contributed by atoms with E-state index in [1.807, 2.05) is 24.3 Å². The average Bonchev–Trinajstić information content (AvgIpc) is 2.73. The monoisotopic (exact) mass is 342 g/mol. The van der Waals surface area contributed by atoms with E-state index in [-0.39, 0.29) is 0 Å². The molecule has 5 nitrogen and oxygen atoms in total. The summed E-state index contributed by atoms with van der Waals surface area (Å²) in [6.45, 7) is 1.74. The van der Waals surface area contributed by atoms with E-state index in [2.05, 4.69) is 33.5 Å². The van der Waals surface area contributed by atoms with Crippen molar-refractivity contribution in [2.45, 2.75) is 6.42 Å². The second-order valence-electron chi connectivity index (χ2n) is 6.16. The second-order valence-corrected chi connectivity index (χ2v) is 6.16. The van der Waals surface area contributed by atoms with Crippen LogP contribution in [-0.2, 0) is 0 Å². The van der Waals surface area contributed by atoms with Crippen LogP contribution in [0.5, 0.6) is 5.88 Å². The zero-order valence-corrected chi connectivity index (χ0v) is 14.5. The highest BCUT2D eigenvalue weighted by Crippen LogP contribution is 2.33. The van der Waals surface area contributed by atoms with Crippen LogP contribution in [0, 0.1) is 11.3 Å². The van der Waals surface area contributed by atoms with Crippen LogP contribution in [0.4, 0.5) is 0 Å².